The van der Waals surface area contributed by atoms with Crippen LogP contribution in [0.5, 0.6) is 0 Å². The first-order chi connectivity index (χ1) is 8.04. The lowest BCUT2D eigenvalue weighted by molar-refractivity contribution is -0.118. The van der Waals surface area contributed by atoms with Crippen molar-refractivity contribution in [2.24, 2.45) is 5.92 Å². The number of carbonyl (C=O) groups is 1. The van der Waals surface area contributed by atoms with E-state index in [9.17, 15) is 4.79 Å². The van der Waals surface area contributed by atoms with E-state index in [0.717, 1.165) is 12.2 Å². The molecule has 0 aromatic carbocycles. The van der Waals surface area contributed by atoms with Crippen LogP contribution in [-0.4, -0.2) is 33.1 Å². The Hall–Kier alpha value is -1.24. The number of nitrogen functional groups attached to an aromatic ring is 1. The molecule has 0 fully saturated rings. The number of aryl methyl sites for hydroxylation is 1. The lowest BCUT2D eigenvalue weighted by atomic mass is 10.2. The second-order valence-electron chi connectivity index (χ2n) is 4.11. The monoisotopic (exact) mass is 257 g/mol. The van der Waals surface area contributed by atoms with Crippen LogP contribution in [0.4, 0.5) is 0 Å². The van der Waals surface area contributed by atoms with Gasteiger partial charge in [0, 0.05) is 13.0 Å². The average Bonchev–Trinajstić information content (AvgIpc) is 2.64. The summed E-state index contributed by atoms with van der Waals surface area (Å²) >= 11 is 1.30. The molecule has 0 radical (unpaired) electrons. The van der Waals surface area contributed by atoms with Crippen LogP contribution >= 0.6 is 11.8 Å². The molecule has 3 N–H and O–H groups in total. The molecule has 7 heteroatoms. The van der Waals surface area contributed by atoms with E-state index >= 15 is 0 Å². The van der Waals surface area contributed by atoms with Crippen LogP contribution in [-0.2, 0) is 11.2 Å². The molecule has 0 saturated heterocycles. The van der Waals surface area contributed by atoms with Gasteiger partial charge in [-0.15, -0.1) is 10.2 Å². The van der Waals surface area contributed by atoms with Crippen molar-refractivity contribution in [1.29, 1.82) is 0 Å². The molecular formula is C10H19N5OS. The Morgan fingerprint density at radius 1 is 1.53 bits per heavy atom. The summed E-state index contributed by atoms with van der Waals surface area (Å²) < 4.78 is 1.43. The molecule has 0 aliphatic rings. The predicted molar refractivity (Wildman–Crippen MR) is 68.1 cm³/mol. The fourth-order valence-electron chi connectivity index (χ4n) is 1.15. The summed E-state index contributed by atoms with van der Waals surface area (Å²) in [5, 5.41) is 11.3. The van der Waals surface area contributed by atoms with Crippen LogP contribution in [0, 0.1) is 5.92 Å². The van der Waals surface area contributed by atoms with Crippen molar-refractivity contribution in [2.45, 2.75) is 32.3 Å². The zero-order valence-corrected chi connectivity index (χ0v) is 11.3. The van der Waals surface area contributed by atoms with Gasteiger partial charge in [0.25, 0.3) is 0 Å². The first-order valence-electron chi connectivity index (χ1n) is 5.63. The smallest absolute Gasteiger partial charge is 0.230 e. The normalized spacial score (nSPS) is 10.8. The second kappa shape index (κ2) is 6.48. The molecule has 1 amide bonds. The van der Waals surface area contributed by atoms with Crippen LogP contribution in [0.3, 0.4) is 0 Å². The Labute approximate surface area is 105 Å². The van der Waals surface area contributed by atoms with Crippen LogP contribution in [0.15, 0.2) is 5.16 Å². The minimum absolute atomic E-state index is 0.00949. The van der Waals surface area contributed by atoms with E-state index < -0.39 is 0 Å². The van der Waals surface area contributed by atoms with E-state index in [1.54, 1.807) is 0 Å². The first-order valence-corrected chi connectivity index (χ1v) is 6.62. The predicted octanol–water partition coefficient (Wildman–Crippen LogP) is 0.419. The fraction of sp³-hybridized carbons (Fsp3) is 0.700. The summed E-state index contributed by atoms with van der Waals surface area (Å²) in [5.74, 6) is 7.23. The molecule has 1 aromatic heterocycles. The Bertz CT molecular complexity index is 377. The quantitative estimate of drug-likeness (QED) is 0.570. The third kappa shape index (κ3) is 4.26. The molecule has 0 atom stereocenters. The Morgan fingerprint density at radius 2 is 2.24 bits per heavy atom. The lowest BCUT2D eigenvalue weighted by Gasteiger charge is -2.07. The minimum Gasteiger partial charge on any atom is -0.355 e. The second-order valence-corrected chi connectivity index (χ2v) is 5.05. The third-order valence-electron chi connectivity index (χ3n) is 2.09. The van der Waals surface area contributed by atoms with Gasteiger partial charge in [-0.05, 0) is 5.92 Å². The molecule has 6 nitrogen and oxygen atoms in total. The number of carbonyl (C=O) groups excluding carboxylic acids is 1. The maximum atomic E-state index is 11.5. The highest BCUT2D eigenvalue weighted by Gasteiger charge is 2.10. The van der Waals surface area contributed by atoms with Crippen molar-refractivity contribution in [1.82, 2.24) is 20.2 Å². The van der Waals surface area contributed by atoms with Gasteiger partial charge in [0.1, 0.15) is 0 Å². The maximum absolute atomic E-state index is 11.5. The highest BCUT2D eigenvalue weighted by molar-refractivity contribution is 7.99. The van der Waals surface area contributed by atoms with Crippen molar-refractivity contribution < 1.29 is 4.79 Å². The van der Waals surface area contributed by atoms with Crippen LogP contribution in [0.25, 0.3) is 0 Å². The molecule has 0 bridgehead atoms. The molecular weight excluding hydrogens is 238 g/mol. The molecule has 0 unspecified atom stereocenters. The number of nitrogens with one attached hydrogen (secondary N) is 1. The van der Waals surface area contributed by atoms with E-state index in [-0.39, 0.29) is 5.91 Å². The van der Waals surface area contributed by atoms with E-state index in [1.165, 1.54) is 16.4 Å². The number of amides is 1. The third-order valence-corrected chi connectivity index (χ3v) is 3.03. The number of rotatable bonds is 6. The van der Waals surface area contributed by atoms with Gasteiger partial charge in [0.05, 0.1) is 5.75 Å². The number of aromatic nitrogens is 3. The van der Waals surface area contributed by atoms with Crippen LogP contribution < -0.4 is 11.2 Å². The van der Waals surface area contributed by atoms with Crippen molar-refractivity contribution in [2.75, 3.05) is 18.1 Å². The molecule has 0 aliphatic heterocycles. The number of hydrogen-bond acceptors (Lipinski definition) is 5. The summed E-state index contributed by atoms with van der Waals surface area (Å²) in [6.45, 7) is 6.75. The summed E-state index contributed by atoms with van der Waals surface area (Å²) in [6.07, 6.45) is 0.726. The van der Waals surface area contributed by atoms with Crippen molar-refractivity contribution in [3.8, 4) is 0 Å². The van der Waals surface area contributed by atoms with Gasteiger partial charge >= 0.3 is 0 Å². The number of thioether (sulfide) groups is 1. The summed E-state index contributed by atoms with van der Waals surface area (Å²) in [6, 6.07) is 0. The molecule has 1 heterocycles. The standard InChI is InChI=1S/C10H19N5OS/c1-4-8-13-14-10(15(8)11)17-6-9(16)12-5-7(2)3/h7H,4-6,11H2,1-3H3,(H,12,16). The summed E-state index contributed by atoms with van der Waals surface area (Å²) in [4.78, 5) is 11.5. The van der Waals surface area contributed by atoms with E-state index in [1.807, 2.05) is 6.92 Å². The van der Waals surface area contributed by atoms with Crippen LogP contribution in [0.2, 0.25) is 0 Å². The van der Waals surface area contributed by atoms with E-state index in [0.29, 0.717) is 23.4 Å². The number of hydrogen-bond donors (Lipinski definition) is 2. The summed E-state index contributed by atoms with van der Waals surface area (Å²) in [5.41, 5.74) is 0. The topological polar surface area (TPSA) is 85.8 Å². The van der Waals surface area contributed by atoms with Gasteiger partial charge in [-0.1, -0.05) is 32.5 Å². The van der Waals surface area contributed by atoms with E-state index in [2.05, 4.69) is 29.4 Å². The van der Waals surface area contributed by atoms with Gasteiger partial charge in [-0.25, -0.2) is 4.68 Å². The van der Waals surface area contributed by atoms with Gasteiger partial charge in [-0.2, -0.15) is 0 Å². The Kier molecular flexibility index (Phi) is 5.27. The Morgan fingerprint density at radius 3 is 2.76 bits per heavy atom. The van der Waals surface area contributed by atoms with Gasteiger partial charge in [0.2, 0.25) is 11.1 Å². The largest absolute Gasteiger partial charge is 0.355 e. The van der Waals surface area contributed by atoms with Crippen molar-refractivity contribution in [3.05, 3.63) is 5.82 Å². The zero-order valence-electron chi connectivity index (χ0n) is 10.4. The van der Waals surface area contributed by atoms with Gasteiger partial charge < -0.3 is 11.2 Å². The highest BCUT2D eigenvalue weighted by Crippen LogP contribution is 2.14. The SMILES string of the molecule is CCc1nnc(SCC(=O)NCC(C)C)n1N. The minimum atomic E-state index is -0.00949. The number of nitrogens with two attached hydrogens (primary N) is 1. The average molecular weight is 257 g/mol. The molecule has 17 heavy (non-hydrogen) atoms. The number of nitrogens with zero attached hydrogens (tertiary/aromatic N) is 3. The van der Waals surface area contributed by atoms with Crippen molar-refractivity contribution >= 4 is 17.7 Å². The lowest BCUT2D eigenvalue weighted by Crippen LogP contribution is -2.29. The fourth-order valence-corrected chi connectivity index (χ4v) is 1.85. The van der Waals surface area contributed by atoms with E-state index in [4.69, 9.17) is 5.84 Å². The molecule has 96 valence electrons. The molecule has 0 saturated carbocycles. The molecule has 0 spiro atoms. The highest BCUT2D eigenvalue weighted by atomic mass is 32.2. The maximum Gasteiger partial charge on any atom is 0.230 e. The molecule has 1 rings (SSSR count). The summed E-state index contributed by atoms with van der Waals surface area (Å²) in [7, 11) is 0. The first kappa shape index (κ1) is 13.8. The molecule has 0 aliphatic carbocycles. The van der Waals surface area contributed by atoms with Gasteiger partial charge in [0.15, 0.2) is 5.82 Å². The van der Waals surface area contributed by atoms with Crippen LogP contribution in [0.1, 0.15) is 26.6 Å². The van der Waals surface area contributed by atoms with Crippen molar-refractivity contribution in [3.63, 3.8) is 0 Å². The zero-order chi connectivity index (χ0) is 12.8. The Balaban J connectivity index is 2.39. The molecule has 1 aromatic rings. The van der Waals surface area contributed by atoms with Gasteiger partial charge in [-0.3, -0.25) is 4.79 Å².